The van der Waals surface area contributed by atoms with Crippen LogP contribution in [0.1, 0.15) is 39.9 Å². The Morgan fingerprint density at radius 1 is 1.07 bits per heavy atom. The highest BCUT2D eigenvalue weighted by Crippen LogP contribution is 2.51. The lowest BCUT2D eigenvalue weighted by Gasteiger charge is -2.41. The number of anilines is 1. The van der Waals surface area contributed by atoms with Gasteiger partial charge in [0.2, 0.25) is 0 Å². The molecule has 2 aromatic carbocycles. The number of nitrogens with one attached hydrogen (secondary N) is 2. The van der Waals surface area contributed by atoms with Crippen molar-refractivity contribution in [2.45, 2.75) is 32.2 Å². The molecule has 40 heavy (non-hydrogen) atoms. The molecule has 3 aliphatic rings. The fourth-order valence-electron chi connectivity index (χ4n) is 6.48. The SMILES string of the molecule is CNC(=O)C1=C(O)C[C@@H]2C[C@@H]3Cc4c(N(C)C)cc(CNCCc5ccccc5)c(O)c4C(=O)C3=C(O)C2C1=O. The summed E-state index contributed by atoms with van der Waals surface area (Å²) in [6.07, 6.45) is 1.66. The van der Waals surface area contributed by atoms with E-state index in [4.69, 9.17) is 0 Å². The summed E-state index contributed by atoms with van der Waals surface area (Å²) in [5, 5.41) is 38.9. The number of benzene rings is 2. The molecule has 0 radical (unpaired) electrons. The van der Waals surface area contributed by atoms with Gasteiger partial charge in [0, 0.05) is 50.9 Å². The lowest BCUT2D eigenvalue weighted by atomic mass is 9.62. The number of carbonyl (C=O) groups excluding carboxylic acids is 3. The molecule has 5 N–H and O–H groups in total. The Hall–Kier alpha value is -4.11. The van der Waals surface area contributed by atoms with E-state index in [0.29, 0.717) is 37.1 Å². The number of phenolic OH excluding ortho intramolecular Hbond substituents is 1. The minimum absolute atomic E-state index is 0.0629. The van der Waals surface area contributed by atoms with Gasteiger partial charge in [-0.3, -0.25) is 14.4 Å². The van der Waals surface area contributed by atoms with Crippen LogP contribution in [0.3, 0.4) is 0 Å². The van der Waals surface area contributed by atoms with Crippen LogP contribution in [0.4, 0.5) is 5.69 Å². The predicted molar refractivity (Wildman–Crippen MR) is 150 cm³/mol. The van der Waals surface area contributed by atoms with E-state index in [1.807, 2.05) is 43.3 Å². The van der Waals surface area contributed by atoms with Crippen molar-refractivity contribution >= 4 is 23.2 Å². The summed E-state index contributed by atoms with van der Waals surface area (Å²) in [7, 11) is 5.12. The van der Waals surface area contributed by atoms with Crippen LogP contribution in [0.15, 0.2) is 59.1 Å². The summed E-state index contributed by atoms with van der Waals surface area (Å²) in [5.41, 5.74) is 3.17. The molecule has 0 bridgehead atoms. The molecule has 3 aliphatic carbocycles. The number of Topliss-reactive ketones (excluding diaryl/α,β-unsaturated/α-hetero) is 2. The maximum absolute atomic E-state index is 14.0. The van der Waals surface area contributed by atoms with Crippen LogP contribution < -0.4 is 15.5 Å². The van der Waals surface area contributed by atoms with E-state index in [-0.39, 0.29) is 46.3 Å². The molecule has 5 rings (SSSR count). The quantitative estimate of drug-likeness (QED) is 0.264. The summed E-state index contributed by atoms with van der Waals surface area (Å²) in [6.45, 7) is 1.02. The van der Waals surface area contributed by atoms with Crippen molar-refractivity contribution in [3.63, 3.8) is 0 Å². The summed E-state index contributed by atoms with van der Waals surface area (Å²) in [4.78, 5) is 41.4. The van der Waals surface area contributed by atoms with Crippen LogP contribution in [0, 0.1) is 17.8 Å². The molecular weight excluding hydrogens is 510 g/mol. The number of carbonyl (C=O) groups is 3. The smallest absolute Gasteiger partial charge is 0.258 e. The van der Waals surface area contributed by atoms with E-state index >= 15 is 0 Å². The van der Waals surface area contributed by atoms with Gasteiger partial charge in [-0.05, 0) is 54.8 Å². The van der Waals surface area contributed by atoms with Crippen molar-refractivity contribution in [1.29, 1.82) is 0 Å². The topological polar surface area (TPSA) is 139 Å². The van der Waals surface area contributed by atoms with Gasteiger partial charge in [-0.1, -0.05) is 30.3 Å². The Labute approximate surface area is 233 Å². The fraction of sp³-hybridized carbons (Fsp3) is 0.387. The standard InChI is InChI=1S/C31H35N3O6/c1-32-31(40)26-22(35)14-18-11-17-12-20-21(34(2)3)13-19(15-33-10-9-16-7-5-4-6-8-16)27(36)25(20)29(38)23(17)28(37)24(18)30(26)39/h4-8,13,17-18,24,33,35-37H,9-12,14-15H2,1-3H3,(H,32,40)/t17-,18+,24?/m1/s1. The number of fused-ring (bicyclic) bond motifs is 3. The molecule has 0 spiro atoms. The van der Waals surface area contributed by atoms with Gasteiger partial charge in [0.15, 0.2) is 11.6 Å². The number of ketones is 2. The zero-order valence-electron chi connectivity index (χ0n) is 23.0. The van der Waals surface area contributed by atoms with Crippen molar-refractivity contribution in [3.05, 3.63) is 81.3 Å². The molecule has 2 aromatic rings. The van der Waals surface area contributed by atoms with E-state index in [1.54, 1.807) is 0 Å². The number of likely N-dealkylation sites (N-methyl/N-ethyl adjacent to an activating group) is 1. The molecule has 9 heteroatoms. The molecule has 0 saturated heterocycles. The van der Waals surface area contributed by atoms with Gasteiger partial charge in [-0.2, -0.15) is 0 Å². The Morgan fingerprint density at radius 3 is 2.48 bits per heavy atom. The number of nitrogens with zero attached hydrogens (tertiary/aromatic N) is 1. The van der Waals surface area contributed by atoms with Crippen molar-refractivity contribution in [3.8, 4) is 5.75 Å². The van der Waals surface area contributed by atoms with E-state index in [0.717, 1.165) is 12.1 Å². The molecule has 0 heterocycles. The van der Waals surface area contributed by atoms with Gasteiger partial charge < -0.3 is 30.9 Å². The van der Waals surface area contributed by atoms with Crippen LogP contribution >= 0.6 is 0 Å². The third-order valence-corrected chi connectivity index (χ3v) is 8.38. The minimum Gasteiger partial charge on any atom is -0.511 e. The van der Waals surface area contributed by atoms with Crippen molar-refractivity contribution in [1.82, 2.24) is 10.6 Å². The van der Waals surface area contributed by atoms with E-state index in [2.05, 4.69) is 22.8 Å². The molecule has 1 unspecified atom stereocenters. The first-order chi connectivity index (χ1) is 19.1. The summed E-state index contributed by atoms with van der Waals surface area (Å²) < 4.78 is 0. The van der Waals surface area contributed by atoms with Crippen molar-refractivity contribution in [2.75, 3.05) is 32.6 Å². The molecule has 210 valence electrons. The molecule has 9 nitrogen and oxygen atoms in total. The first-order valence-corrected chi connectivity index (χ1v) is 13.6. The third kappa shape index (κ3) is 4.64. The predicted octanol–water partition coefficient (Wildman–Crippen LogP) is 3.12. The molecular formula is C31H35N3O6. The maximum atomic E-state index is 14.0. The third-order valence-electron chi connectivity index (χ3n) is 8.38. The number of aliphatic hydroxyl groups is 2. The number of allylic oxidation sites excluding steroid dienone is 3. The number of amides is 1. The van der Waals surface area contributed by atoms with Crippen LogP contribution in [0.5, 0.6) is 5.75 Å². The lowest BCUT2D eigenvalue weighted by Crippen LogP contribution is -2.44. The number of aliphatic hydroxyl groups excluding tert-OH is 2. The van der Waals surface area contributed by atoms with Gasteiger partial charge >= 0.3 is 0 Å². The normalized spacial score (nSPS) is 22.0. The van der Waals surface area contributed by atoms with E-state index in [1.165, 1.54) is 12.6 Å². The highest BCUT2D eigenvalue weighted by molar-refractivity contribution is 6.22. The van der Waals surface area contributed by atoms with Crippen LogP contribution in [0.25, 0.3) is 0 Å². The second-order valence-electron chi connectivity index (χ2n) is 11.0. The summed E-state index contributed by atoms with van der Waals surface area (Å²) in [6, 6.07) is 12.0. The zero-order chi connectivity index (χ0) is 28.7. The number of hydrogen-bond donors (Lipinski definition) is 5. The van der Waals surface area contributed by atoms with Crippen LogP contribution in [0.2, 0.25) is 0 Å². The Kier molecular flexibility index (Phi) is 7.42. The maximum Gasteiger partial charge on any atom is 0.258 e. The van der Waals surface area contributed by atoms with Crippen molar-refractivity contribution in [2.24, 2.45) is 17.8 Å². The first-order valence-electron chi connectivity index (χ1n) is 13.6. The summed E-state index contributed by atoms with van der Waals surface area (Å²) in [5.74, 6) is -4.58. The molecule has 0 aromatic heterocycles. The second-order valence-corrected chi connectivity index (χ2v) is 11.0. The minimum atomic E-state index is -1.08. The molecule has 3 atom stereocenters. The Bertz CT molecular complexity index is 1440. The molecule has 0 saturated carbocycles. The van der Waals surface area contributed by atoms with E-state index < -0.39 is 29.3 Å². The highest BCUT2D eigenvalue weighted by atomic mass is 16.3. The molecule has 0 fully saturated rings. The lowest BCUT2D eigenvalue weighted by molar-refractivity contribution is -0.126. The Morgan fingerprint density at radius 2 is 1.80 bits per heavy atom. The zero-order valence-corrected chi connectivity index (χ0v) is 23.0. The van der Waals surface area contributed by atoms with Gasteiger partial charge in [0.25, 0.3) is 5.91 Å². The monoisotopic (exact) mass is 545 g/mol. The summed E-state index contributed by atoms with van der Waals surface area (Å²) >= 11 is 0. The van der Waals surface area contributed by atoms with Gasteiger partial charge in [-0.15, -0.1) is 0 Å². The van der Waals surface area contributed by atoms with Gasteiger partial charge in [-0.25, -0.2) is 0 Å². The fourth-order valence-corrected chi connectivity index (χ4v) is 6.48. The first kappa shape index (κ1) is 27.5. The molecule has 1 amide bonds. The molecule has 0 aliphatic heterocycles. The largest absolute Gasteiger partial charge is 0.511 e. The number of hydrogen-bond acceptors (Lipinski definition) is 8. The second kappa shape index (κ2) is 10.8. The average Bonchev–Trinajstić information content (AvgIpc) is 2.91. The van der Waals surface area contributed by atoms with E-state index in [9.17, 15) is 29.7 Å². The van der Waals surface area contributed by atoms with Gasteiger partial charge in [0.1, 0.15) is 22.8 Å². The Balaban J connectivity index is 1.48. The van der Waals surface area contributed by atoms with Gasteiger partial charge in [0.05, 0.1) is 11.5 Å². The average molecular weight is 546 g/mol. The van der Waals surface area contributed by atoms with Crippen LogP contribution in [-0.2, 0) is 29.0 Å². The number of aromatic hydroxyl groups is 1. The number of rotatable bonds is 7. The highest BCUT2D eigenvalue weighted by Gasteiger charge is 2.50. The van der Waals surface area contributed by atoms with Crippen molar-refractivity contribution < 1.29 is 29.7 Å². The number of phenols is 1. The van der Waals surface area contributed by atoms with Crippen LogP contribution in [-0.4, -0.2) is 60.5 Å².